The van der Waals surface area contributed by atoms with Gasteiger partial charge in [0.1, 0.15) is 0 Å². The fourth-order valence-electron chi connectivity index (χ4n) is 3.59. The third-order valence-corrected chi connectivity index (χ3v) is 5.03. The lowest BCUT2D eigenvalue weighted by Gasteiger charge is -2.40. The third kappa shape index (κ3) is 3.86. The summed E-state index contributed by atoms with van der Waals surface area (Å²) < 4.78 is 1.91. The van der Waals surface area contributed by atoms with Gasteiger partial charge in [-0.15, -0.1) is 0 Å². The first kappa shape index (κ1) is 16.1. The molecule has 0 amide bonds. The summed E-state index contributed by atoms with van der Waals surface area (Å²) in [6.07, 6.45) is 7.64. The van der Waals surface area contributed by atoms with E-state index in [9.17, 15) is 9.90 Å². The van der Waals surface area contributed by atoms with Gasteiger partial charge < -0.3 is 5.11 Å². The number of rotatable bonds is 4. The van der Waals surface area contributed by atoms with Gasteiger partial charge in [0, 0.05) is 12.7 Å². The minimum Gasteiger partial charge on any atom is -0.481 e. The molecule has 1 heterocycles. The molecule has 1 aliphatic rings. The van der Waals surface area contributed by atoms with Crippen LogP contribution < -0.4 is 0 Å². The van der Waals surface area contributed by atoms with Crippen molar-refractivity contribution in [2.45, 2.75) is 59.9 Å². The van der Waals surface area contributed by atoms with Crippen molar-refractivity contribution in [3.05, 3.63) is 18.0 Å². The van der Waals surface area contributed by atoms with E-state index in [1.807, 2.05) is 10.9 Å². The molecule has 0 saturated heterocycles. The lowest BCUT2D eigenvalue weighted by atomic mass is 9.64. The molecule has 118 valence electrons. The summed E-state index contributed by atoms with van der Waals surface area (Å²) in [6, 6.07) is 0. The van der Waals surface area contributed by atoms with E-state index in [-0.39, 0.29) is 17.3 Å². The maximum atomic E-state index is 11.6. The van der Waals surface area contributed by atoms with Crippen LogP contribution in [0, 0.1) is 23.2 Å². The molecule has 0 spiro atoms. The van der Waals surface area contributed by atoms with E-state index in [1.54, 1.807) is 0 Å². The van der Waals surface area contributed by atoms with Gasteiger partial charge in [-0.3, -0.25) is 9.48 Å². The van der Waals surface area contributed by atoms with Crippen LogP contribution in [0.15, 0.2) is 12.4 Å². The van der Waals surface area contributed by atoms with Gasteiger partial charge in [0.05, 0.1) is 12.1 Å². The molecule has 4 nitrogen and oxygen atoms in total. The van der Waals surface area contributed by atoms with Crippen molar-refractivity contribution in [2.75, 3.05) is 0 Å². The number of carboxylic acids is 1. The number of carboxylic acid groups (broad SMARTS) is 1. The minimum absolute atomic E-state index is 0.200. The standard InChI is InChI=1S/C17H28N2O2/c1-5-19-11-12(10-18-19)8-13-9-14(17(2,3)4)6-7-15(13)16(20)21/h10-11,13-15H,5-9H2,1-4H3,(H,20,21). The number of aliphatic carboxylic acids is 1. The number of aryl methyl sites for hydroxylation is 1. The minimum atomic E-state index is -0.629. The molecule has 2 rings (SSSR count). The van der Waals surface area contributed by atoms with Crippen LogP contribution in [-0.2, 0) is 17.8 Å². The van der Waals surface area contributed by atoms with Gasteiger partial charge >= 0.3 is 5.97 Å². The highest BCUT2D eigenvalue weighted by Crippen LogP contribution is 2.43. The Hall–Kier alpha value is -1.32. The molecule has 1 fully saturated rings. The molecule has 0 bridgehead atoms. The monoisotopic (exact) mass is 292 g/mol. The van der Waals surface area contributed by atoms with Gasteiger partial charge in [-0.1, -0.05) is 20.8 Å². The Kier molecular flexibility index (Phi) is 4.74. The highest BCUT2D eigenvalue weighted by Gasteiger charge is 2.38. The summed E-state index contributed by atoms with van der Waals surface area (Å²) in [5, 5.41) is 13.8. The number of aromatic nitrogens is 2. The van der Waals surface area contributed by atoms with Crippen molar-refractivity contribution in [1.29, 1.82) is 0 Å². The van der Waals surface area contributed by atoms with E-state index in [4.69, 9.17) is 0 Å². The molecule has 21 heavy (non-hydrogen) atoms. The molecule has 4 heteroatoms. The van der Waals surface area contributed by atoms with Crippen molar-refractivity contribution in [3.8, 4) is 0 Å². The zero-order valence-electron chi connectivity index (χ0n) is 13.7. The van der Waals surface area contributed by atoms with E-state index in [0.29, 0.717) is 5.92 Å². The lowest BCUT2D eigenvalue weighted by Crippen LogP contribution is -2.36. The molecular formula is C17H28N2O2. The predicted molar refractivity (Wildman–Crippen MR) is 83.0 cm³/mol. The summed E-state index contributed by atoms with van der Waals surface area (Å²) in [5.41, 5.74) is 1.43. The molecular weight excluding hydrogens is 264 g/mol. The molecule has 3 unspecified atom stereocenters. The van der Waals surface area contributed by atoms with Crippen molar-refractivity contribution < 1.29 is 9.90 Å². The Morgan fingerprint density at radius 1 is 1.43 bits per heavy atom. The molecule has 3 atom stereocenters. The predicted octanol–water partition coefficient (Wildman–Crippen LogP) is 3.61. The van der Waals surface area contributed by atoms with Crippen LogP contribution in [0.1, 0.15) is 52.5 Å². The zero-order valence-corrected chi connectivity index (χ0v) is 13.7. The van der Waals surface area contributed by atoms with E-state index in [2.05, 4.69) is 39.0 Å². The summed E-state index contributed by atoms with van der Waals surface area (Å²) in [7, 11) is 0. The molecule has 1 aliphatic carbocycles. The van der Waals surface area contributed by atoms with E-state index >= 15 is 0 Å². The van der Waals surface area contributed by atoms with Crippen molar-refractivity contribution in [1.82, 2.24) is 9.78 Å². The van der Waals surface area contributed by atoms with Gasteiger partial charge in [-0.2, -0.15) is 5.10 Å². The van der Waals surface area contributed by atoms with Gasteiger partial charge in [0.15, 0.2) is 0 Å². The van der Waals surface area contributed by atoms with Crippen LogP contribution in [0.3, 0.4) is 0 Å². The molecule has 1 aromatic heterocycles. The summed E-state index contributed by atoms with van der Waals surface area (Å²) in [4.78, 5) is 11.6. The average Bonchev–Trinajstić information content (AvgIpc) is 2.85. The maximum absolute atomic E-state index is 11.6. The number of carbonyl (C=O) groups is 1. The van der Waals surface area contributed by atoms with Crippen LogP contribution >= 0.6 is 0 Å². The Balaban J connectivity index is 2.12. The van der Waals surface area contributed by atoms with Crippen LogP contribution in [-0.4, -0.2) is 20.9 Å². The normalized spacial score (nSPS) is 26.8. The number of nitrogens with zero attached hydrogens (tertiary/aromatic N) is 2. The Bertz CT molecular complexity index is 487. The molecule has 0 radical (unpaired) electrons. The van der Waals surface area contributed by atoms with Gasteiger partial charge in [0.25, 0.3) is 0 Å². The van der Waals surface area contributed by atoms with Crippen molar-refractivity contribution in [3.63, 3.8) is 0 Å². The molecule has 1 N–H and O–H groups in total. The highest BCUT2D eigenvalue weighted by atomic mass is 16.4. The first-order chi connectivity index (χ1) is 9.81. The van der Waals surface area contributed by atoms with Crippen LogP contribution in [0.4, 0.5) is 0 Å². The second kappa shape index (κ2) is 6.20. The van der Waals surface area contributed by atoms with Crippen LogP contribution in [0.25, 0.3) is 0 Å². The Morgan fingerprint density at radius 3 is 2.67 bits per heavy atom. The Morgan fingerprint density at radius 2 is 2.14 bits per heavy atom. The van der Waals surface area contributed by atoms with Gasteiger partial charge in [-0.05, 0) is 55.4 Å². The first-order valence-corrected chi connectivity index (χ1v) is 8.05. The van der Waals surface area contributed by atoms with Crippen LogP contribution in [0.2, 0.25) is 0 Å². The fraction of sp³-hybridized carbons (Fsp3) is 0.765. The summed E-state index contributed by atoms with van der Waals surface area (Å²) in [5.74, 6) is 0.0121. The van der Waals surface area contributed by atoms with Crippen LogP contribution in [0.5, 0.6) is 0 Å². The first-order valence-electron chi connectivity index (χ1n) is 8.05. The Labute approximate surface area is 127 Å². The fourth-order valence-corrected chi connectivity index (χ4v) is 3.59. The maximum Gasteiger partial charge on any atom is 0.306 e. The van der Waals surface area contributed by atoms with Crippen molar-refractivity contribution in [2.24, 2.45) is 23.2 Å². The third-order valence-electron chi connectivity index (χ3n) is 5.03. The number of hydrogen-bond donors (Lipinski definition) is 1. The highest BCUT2D eigenvalue weighted by molar-refractivity contribution is 5.70. The van der Waals surface area contributed by atoms with E-state index in [1.165, 1.54) is 5.56 Å². The second-order valence-electron chi connectivity index (χ2n) is 7.49. The van der Waals surface area contributed by atoms with Crippen molar-refractivity contribution >= 4 is 5.97 Å². The average molecular weight is 292 g/mol. The molecule has 1 saturated carbocycles. The largest absolute Gasteiger partial charge is 0.481 e. The quantitative estimate of drug-likeness (QED) is 0.922. The molecule has 0 aromatic carbocycles. The summed E-state index contributed by atoms with van der Waals surface area (Å²) >= 11 is 0. The van der Waals surface area contributed by atoms with Gasteiger partial charge in [-0.25, -0.2) is 0 Å². The molecule has 0 aliphatic heterocycles. The molecule has 1 aromatic rings. The second-order valence-corrected chi connectivity index (χ2v) is 7.49. The number of hydrogen-bond acceptors (Lipinski definition) is 2. The van der Waals surface area contributed by atoms with E-state index in [0.717, 1.165) is 32.2 Å². The smallest absolute Gasteiger partial charge is 0.306 e. The lowest BCUT2D eigenvalue weighted by molar-refractivity contribution is -0.146. The SMILES string of the molecule is CCn1cc(CC2CC(C(C)(C)C)CCC2C(=O)O)cn1. The van der Waals surface area contributed by atoms with Gasteiger partial charge in [0.2, 0.25) is 0 Å². The van der Waals surface area contributed by atoms with E-state index < -0.39 is 5.97 Å². The summed E-state index contributed by atoms with van der Waals surface area (Å²) in [6.45, 7) is 9.73. The zero-order chi connectivity index (χ0) is 15.6. The topological polar surface area (TPSA) is 55.1 Å².